The second-order valence-corrected chi connectivity index (χ2v) is 13.5. The SMILES string of the molecule is CC=C1CCCC(=O)C12CCCN2CCO[Si](C)(C)C(C)(C)C. The number of hydrogen-bond acceptors (Lipinski definition) is 3. The lowest BCUT2D eigenvalue weighted by Crippen LogP contribution is -2.55. The van der Waals surface area contributed by atoms with Crippen molar-refractivity contribution in [2.75, 3.05) is 19.7 Å². The predicted molar refractivity (Wildman–Crippen MR) is 99.3 cm³/mol. The van der Waals surface area contributed by atoms with Gasteiger partial charge in [0.25, 0.3) is 0 Å². The van der Waals surface area contributed by atoms with Crippen LogP contribution in [0.4, 0.5) is 0 Å². The number of allylic oxidation sites excluding steroid dienone is 1. The van der Waals surface area contributed by atoms with E-state index in [1.807, 2.05) is 0 Å². The van der Waals surface area contributed by atoms with Gasteiger partial charge in [-0.1, -0.05) is 26.8 Å². The van der Waals surface area contributed by atoms with E-state index in [1.165, 1.54) is 5.57 Å². The Hall–Kier alpha value is -0.453. The predicted octanol–water partition coefficient (Wildman–Crippen LogP) is 4.54. The van der Waals surface area contributed by atoms with Gasteiger partial charge in [-0.25, -0.2) is 0 Å². The lowest BCUT2D eigenvalue weighted by atomic mass is 9.74. The fourth-order valence-electron chi connectivity index (χ4n) is 3.90. The van der Waals surface area contributed by atoms with Gasteiger partial charge in [-0.2, -0.15) is 0 Å². The summed E-state index contributed by atoms with van der Waals surface area (Å²) < 4.78 is 6.36. The van der Waals surface area contributed by atoms with Crippen molar-refractivity contribution in [1.82, 2.24) is 4.90 Å². The molecule has 1 aliphatic carbocycles. The first-order valence-corrected chi connectivity index (χ1v) is 12.1. The van der Waals surface area contributed by atoms with E-state index in [4.69, 9.17) is 4.43 Å². The van der Waals surface area contributed by atoms with Crippen molar-refractivity contribution in [3.05, 3.63) is 11.6 Å². The summed E-state index contributed by atoms with van der Waals surface area (Å²) in [5.74, 6) is 0.446. The third-order valence-electron chi connectivity index (χ3n) is 6.33. The number of likely N-dealkylation sites (tertiary alicyclic amines) is 1. The van der Waals surface area contributed by atoms with Crippen molar-refractivity contribution in [2.24, 2.45) is 0 Å². The molecule has 3 nitrogen and oxygen atoms in total. The van der Waals surface area contributed by atoms with Crippen LogP contribution in [0.3, 0.4) is 0 Å². The van der Waals surface area contributed by atoms with Gasteiger partial charge in [0.2, 0.25) is 0 Å². The number of ketones is 1. The topological polar surface area (TPSA) is 29.5 Å². The van der Waals surface area contributed by atoms with Gasteiger partial charge < -0.3 is 4.43 Å². The van der Waals surface area contributed by atoms with Crippen LogP contribution in [0.5, 0.6) is 0 Å². The highest BCUT2D eigenvalue weighted by Crippen LogP contribution is 2.43. The van der Waals surface area contributed by atoms with E-state index >= 15 is 0 Å². The molecule has 1 heterocycles. The first-order valence-electron chi connectivity index (χ1n) is 9.23. The Morgan fingerprint density at radius 3 is 2.57 bits per heavy atom. The molecule has 2 rings (SSSR count). The molecule has 23 heavy (non-hydrogen) atoms. The minimum absolute atomic E-state index is 0.241. The second-order valence-electron chi connectivity index (χ2n) is 8.65. The molecule has 1 aliphatic heterocycles. The Kier molecular flexibility index (Phi) is 5.59. The van der Waals surface area contributed by atoms with E-state index in [1.54, 1.807) is 0 Å². The third kappa shape index (κ3) is 3.49. The van der Waals surface area contributed by atoms with Crippen LogP contribution < -0.4 is 0 Å². The molecular weight excluding hydrogens is 302 g/mol. The number of hydrogen-bond donors (Lipinski definition) is 0. The van der Waals surface area contributed by atoms with Gasteiger partial charge in [0.15, 0.2) is 14.1 Å². The first-order chi connectivity index (χ1) is 10.6. The molecule has 0 amide bonds. The molecule has 1 spiro atoms. The molecule has 1 unspecified atom stereocenters. The van der Waals surface area contributed by atoms with Crippen molar-refractivity contribution in [3.8, 4) is 0 Å². The third-order valence-corrected chi connectivity index (χ3v) is 10.9. The van der Waals surface area contributed by atoms with Gasteiger partial charge >= 0.3 is 0 Å². The molecule has 0 aromatic rings. The molecule has 0 aromatic heterocycles. The number of rotatable bonds is 4. The van der Waals surface area contributed by atoms with Gasteiger partial charge in [0.1, 0.15) is 5.54 Å². The molecule has 1 saturated carbocycles. The van der Waals surface area contributed by atoms with E-state index < -0.39 is 8.32 Å². The highest BCUT2D eigenvalue weighted by Gasteiger charge is 2.50. The summed E-state index contributed by atoms with van der Waals surface area (Å²) in [7, 11) is -1.71. The van der Waals surface area contributed by atoms with Gasteiger partial charge in [0.05, 0.1) is 0 Å². The molecule has 132 valence electrons. The van der Waals surface area contributed by atoms with E-state index in [2.05, 4.69) is 51.8 Å². The highest BCUT2D eigenvalue weighted by atomic mass is 28.4. The fourth-order valence-corrected chi connectivity index (χ4v) is 4.93. The summed E-state index contributed by atoms with van der Waals surface area (Å²) in [5, 5.41) is 0.241. The smallest absolute Gasteiger partial charge is 0.192 e. The van der Waals surface area contributed by atoms with Crippen LogP contribution >= 0.6 is 0 Å². The number of carbonyl (C=O) groups excluding carboxylic acids is 1. The van der Waals surface area contributed by atoms with Crippen LogP contribution in [-0.2, 0) is 9.22 Å². The van der Waals surface area contributed by atoms with E-state index in [-0.39, 0.29) is 10.6 Å². The van der Waals surface area contributed by atoms with E-state index in [0.29, 0.717) is 5.78 Å². The fraction of sp³-hybridized carbons (Fsp3) is 0.842. The Balaban J connectivity index is 2.06. The monoisotopic (exact) mass is 337 g/mol. The summed E-state index contributed by atoms with van der Waals surface area (Å²) in [4.78, 5) is 15.2. The van der Waals surface area contributed by atoms with Crippen molar-refractivity contribution >= 4 is 14.1 Å². The molecule has 4 heteroatoms. The summed E-state index contributed by atoms with van der Waals surface area (Å²) in [6.45, 7) is 16.2. The largest absolute Gasteiger partial charge is 0.416 e. The molecule has 0 radical (unpaired) electrons. The molecule has 1 saturated heterocycles. The molecule has 0 N–H and O–H groups in total. The molecule has 1 atom stereocenters. The Labute approximate surface area is 143 Å². The Bertz CT molecular complexity index is 478. The van der Waals surface area contributed by atoms with Gasteiger partial charge in [-0.05, 0) is 62.9 Å². The molecule has 2 fully saturated rings. The maximum atomic E-state index is 12.8. The van der Waals surface area contributed by atoms with Crippen molar-refractivity contribution in [3.63, 3.8) is 0 Å². The summed E-state index contributed by atoms with van der Waals surface area (Å²) in [5.41, 5.74) is 1.07. The van der Waals surface area contributed by atoms with E-state index in [0.717, 1.165) is 51.8 Å². The van der Waals surface area contributed by atoms with Crippen LogP contribution in [-0.4, -0.2) is 44.2 Å². The average molecular weight is 338 g/mol. The molecule has 0 bridgehead atoms. The normalized spacial score (nSPS) is 29.0. The second kappa shape index (κ2) is 6.81. The van der Waals surface area contributed by atoms with Gasteiger partial charge in [0, 0.05) is 19.6 Å². The Morgan fingerprint density at radius 1 is 1.26 bits per heavy atom. The van der Waals surface area contributed by atoms with Crippen LogP contribution in [0.1, 0.15) is 59.8 Å². The maximum Gasteiger partial charge on any atom is 0.192 e. The van der Waals surface area contributed by atoms with Gasteiger partial charge in [-0.3, -0.25) is 9.69 Å². The van der Waals surface area contributed by atoms with Crippen LogP contribution in [0.25, 0.3) is 0 Å². The zero-order valence-corrected chi connectivity index (χ0v) is 17.0. The number of Topliss-reactive ketones (excluding diaryl/α,β-unsaturated/α-hetero) is 1. The van der Waals surface area contributed by atoms with Crippen molar-refractivity contribution in [1.29, 1.82) is 0 Å². The lowest BCUT2D eigenvalue weighted by Gasteiger charge is -2.43. The minimum Gasteiger partial charge on any atom is -0.416 e. The van der Waals surface area contributed by atoms with Crippen LogP contribution in [0, 0.1) is 0 Å². The maximum absolute atomic E-state index is 12.8. The van der Waals surface area contributed by atoms with Crippen molar-refractivity contribution in [2.45, 2.75) is 83.5 Å². The minimum atomic E-state index is -1.71. The summed E-state index contributed by atoms with van der Waals surface area (Å²) in [6, 6.07) is 0. The van der Waals surface area contributed by atoms with Crippen molar-refractivity contribution < 1.29 is 9.22 Å². The quantitative estimate of drug-likeness (QED) is 0.557. The lowest BCUT2D eigenvalue weighted by molar-refractivity contribution is -0.129. The van der Waals surface area contributed by atoms with Gasteiger partial charge in [-0.15, -0.1) is 0 Å². The summed E-state index contributed by atoms with van der Waals surface area (Å²) >= 11 is 0. The number of carbonyl (C=O) groups is 1. The average Bonchev–Trinajstić information content (AvgIpc) is 2.85. The Morgan fingerprint density at radius 2 is 1.96 bits per heavy atom. The standard InChI is InChI=1S/C19H35NO2Si/c1-7-16-10-8-11-17(21)19(16)12-9-13-20(19)14-15-22-23(5,6)18(2,3)4/h7H,8-15H2,1-6H3. The zero-order valence-electron chi connectivity index (χ0n) is 16.0. The molecule has 2 aliphatic rings. The van der Waals surface area contributed by atoms with E-state index in [9.17, 15) is 4.79 Å². The number of nitrogens with zero attached hydrogens (tertiary/aromatic N) is 1. The summed E-state index contributed by atoms with van der Waals surface area (Å²) in [6.07, 6.45) is 7.19. The highest BCUT2D eigenvalue weighted by molar-refractivity contribution is 6.74. The van der Waals surface area contributed by atoms with Crippen LogP contribution in [0.15, 0.2) is 11.6 Å². The molecular formula is C19H35NO2Si. The first kappa shape index (κ1) is 18.9. The molecule has 0 aromatic carbocycles. The zero-order chi connectivity index (χ0) is 17.3. The van der Waals surface area contributed by atoms with Crippen LogP contribution in [0.2, 0.25) is 18.1 Å².